The minimum absolute atomic E-state index is 0.170. The van der Waals surface area contributed by atoms with Crippen LogP contribution in [0.1, 0.15) is 0 Å². The molecule has 78 valence electrons. The largest absolute Gasteiger partial charge is 0.504 e. The summed E-state index contributed by atoms with van der Waals surface area (Å²) < 4.78 is 4.96. The zero-order valence-electron chi connectivity index (χ0n) is 8.65. The van der Waals surface area contributed by atoms with E-state index in [1.165, 1.54) is 7.11 Å². The normalized spacial score (nSPS) is 8.50. The first-order valence-electron chi connectivity index (χ1n) is 3.98. The van der Waals surface area contributed by atoms with Gasteiger partial charge in [-0.2, -0.15) is 0 Å². The number of hydrogen-bond donors (Lipinski definition) is 1. The molecule has 0 heterocycles. The van der Waals surface area contributed by atoms with Gasteiger partial charge in [0.05, 0.1) is 7.11 Å². The van der Waals surface area contributed by atoms with E-state index in [0.717, 1.165) is 5.69 Å². The maximum Gasteiger partial charge on any atom is 0.162 e. The van der Waals surface area contributed by atoms with E-state index in [2.05, 4.69) is 0 Å². The molecule has 0 amide bonds. The van der Waals surface area contributed by atoms with Crippen LogP contribution in [-0.2, 0) is 4.79 Å². The summed E-state index contributed by atoms with van der Waals surface area (Å²) in [6, 6.07) is 5.24. The van der Waals surface area contributed by atoms with Crippen LogP contribution in [0.15, 0.2) is 18.2 Å². The summed E-state index contributed by atoms with van der Waals surface area (Å²) in [4.78, 5) is 9.95. The summed E-state index contributed by atoms with van der Waals surface area (Å²) in [5, 5.41) is 9.27. The Labute approximate surface area is 83.7 Å². The Kier molecular flexibility index (Phi) is 5.14. The highest BCUT2D eigenvalue weighted by Crippen LogP contribution is 2.29. The van der Waals surface area contributed by atoms with Crippen molar-refractivity contribution >= 4 is 12.5 Å². The van der Waals surface area contributed by atoms with Crippen molar-refractivity contribution in [3.05, 3.63) is 18.2 Å². The number of benzene rings is 1. The monoisotopic (exact) mass is 197 g/mol. The van der Waals surface area contributed by atoms with E-state index in [1.54, 1.807) is 12.1 Å². The minimum Gasteiger partial charge on any atom is -0.504 e. The van der Waals surface area contributed by atoms with Gasteiger partial charge in [-0.3, -0.25) is 0 Å². The Morgan fingerprint density at radius 3 is 2.36 bits per heavy atom. The first-order valence-corrected chi connectivity index (χ1v) is 3.98. The molecule has 4 heteroatoms. The number of phenolic OH excluding ortho intramolecular Hbond substituents is 1. The maximum absolute atomic E-state index is 9.27. The van der Waals surface area contributed by atoms with Crippen LogP contribution in [0.25, 0.3) is 0 Å². The molecule has 0 unspecified atom stereocenters. The van der Waals surface area contributed by atoms with Crippen molar-refractivity contribution in [1.82, 2.24) is 0 Å². The summed E-state index contributed by atoms with van der Waals surface area (Å²) in [6.07, 6.45) is 0. The molecule has 14 heavy (non-hydrogen) atoms. The highest BCUT2D eigenvalue weighted by Gasteiger charge is 2.02. The van der Waals surface area contributed by atoms with Gasteiger partial charge in [0.25, 0.3) is 0 Å². The van der Waals surface area contributed by atoms with Crippen LogP contribution in [-0.4, -0.2) is 33.1 Å². The molecule has 0 spiro atoms. The maximum atomic E-state index is 9.27. The fourth-order valence-corrected chi connectivity index (χ4v) is 0.944. The molecule has 0 fully saturated rings. The van der Waals surface area contributed by atoms with Crippen LogP contribution < -0.4 is 9.64 Å². The van der Waals surface area contributed by atoms with E-state index in [0.29, 0.717) is 5.75 Å². The molecule has 0 aliphatic carbocycles. The number of hydrogen-bond acceptors (Lipinski definition) is 4. The molecule has 0 bridgehead atoms. The minimum atomic E-state index is 0.170. The van der Waals surface area contributed by atoms with E-state index >= 15 is 0 Å². The van der Waals surface area contributed by atoms with Crippen molar-refractivity contribution in [2.75, 3.05) is 26.1 Å². The quantitative estimate of drug-likeness (QED) is 0.776. The third-order valence-electron chi connectivity index (χ3n) is 1.68. The Balaban J connectivity index is 0.000000791. The molecule has 1 rings (SSSR count). The number of nitrogens with zero attached hydrogens (tertiary/aromatic N) is 1. The number of carbonyl (C=O) groups excluding carboxylic acids is 1. The van der Waals surface area contributed by atoms with E-state index in [9.17, 15) is 5.11 Å². The average Bonchev–Trinajstić information content (AvgIpc) is 2.21. The molecule has 0 radical (unpaired) electrons. The topological polar surface area (TPSA) is 49.8 Å². The molecule has 1 aromatic rings. The van der Waals surface area contributed by atoms with Crippen molar-refractivity contribution < 1.29 is 14.6 Å². The number of rotatable bonds is 2. The Bertz CT molecular complexity index is 287. The van der Waals surface area contributed by atoms with E-state index < -0.39 is 0 Å². The molecule has 1 aromatic carbocycles. The molecular weight excluding hydrogens is 182 g/mol. The number of anilines is 1. The lowest BCUT2D eigenvalue weighted by Gasteiger charge is -2.13. The second kappa shape index (κ2) is 5.85. The van der Waals surface area contributed by atoms with Gasteiger partial charge >= 0.3 is 0 Å². The van der Waals surface area contributed by atoms with Crippen molar-refractivity contribution in [2.45, 2.75) is 0 Å². The molecule has 0 aromatic heterocycles. The van der Waals surface area contributed by atoms with Crippen molar-refractivity contribution in [3.63, 3.8) is 0 Å². The first kappa shape index (κ1) is 12.3. The summed E-state index contributed by atoms with van der Waals surface area (Å²) >= 11 is 0. The lowest BCUT2D eigenvalue weighted by Crippen LogP contribution is -2.08. The highest BCUT2D eigenvalue weighted by atomic mass is 16.5. The third kappa shape index (κ3) is 2.97. The SMILES string of the molecule is C=O.COc1cc(N(C)C)ccc1O. The first-order chi connectivity index (χ1) is 6.65. The standard InChI is InChI=1S/C9H13NO2.CH2O/c1-10(2)7-4-5-8(11)9(6-7)12-3;1-2/h4-6,11H,1-3H3;1H2. The van der Waals surface area contributed by atoms with Crippen molar-refractivity contribution in [3.8, 4) is 11.5 Å². The third-order valence-corrected chi connectivity index (χ3v) is 1.68. The number of ether oxygens (including phenoxy) is 1. The van der Waals surface area contributed by atoms with Crippen molar-refractivity contribution in [1.29, 1.82) is 0 Å². The highest BCUT2D eigenvalue weighted by molar-refractivity contribution is 5.54. The summed E-state index contributed by atoms with van der Waals surface area (Å²) in [5.41, 5.74) is 1.00. The number of carbonyl (C=O) groups is 1. The predicted octanol–water partition coefficient (Wildman–Crippen LogP) is 1.28. The van der Waals surface area contributed by atoms with Gasteiger partial charge in [0, 0.05) is 25.8 Å². The van der Waals surface area contributed by atoms with Gasteiger partial charge in [0.1, 0.15) is 6.79 Å². The molecule has 0 atom stereocenters. The van der Waals surface area contributed by atoms with Gasteiger partial charge in [0.2, 0.25) is 0 Å². The fourth-order valence-electron chi connectivity index (χ4n) is 0.944. The average molecular weight is 197 g/mol. The van der Waals surface area contributed by atoms with E-state index in [1.807, 2.05) is 31.9 Å². The predicted molar refractivity (Wildman–Crippen MR) is 56.1 cm³/mol. The van der Waals surface area contributed by atoms with Gasteiger partial charge in [-0.15, -0.1) is 0 Å². The summed E-state index contributed by atoms with van der Waals surface area (Å²) in [5.74, 6) is 0.671. The van der Waals surface area contributed by atoms with Crippen LogP contribution in [0, 0.1) is 0 Å². The van der Waals surface area contributed by atoms with E-state index in [-0.39, 0.29) is 5.75 Å². The number of phenols is 1. The van der Waals surface area contributed by atoms with E-state index in [4.69, 9.17) is 9.53 Å². The molecular formula is C10H15NO3. The molecule has 0 saturated carbocycles. The second-order valence-corrected chi connectivity index (χ2v) is 2.75. The molecule has 0 saturated heterocycles. The zero-order valence-corrected chi connectivity index (χ0v) is 8.65. The Morgan fingerprint density at radius 2 is 1.93 bits per heavy atom. The lowest BCUT2D eigenvalue weighted by molar-refractivity contribution is -0.0979. The summed E-state index contributed by atoms with van der Waals surface area (Å²) in [7, 11) is 5.41. The second-order valence-electron chi connectivity index (χ2n) is 2.75. The van der Waals surface area contributed by atoms with Gasteiger partial charge in [-0.05, 0) is 12.1 Å². The summed E-state index contributed by atoms with van der Waals surface area (Å²) in [6.45, 7) is 2.00. The van der Waals surface area contributed by atoms with Crippen LogP contribution in [0.4, 0.5) is 5.69 Å². The Hall–Kier alpha value is -1.71. The number of methoxy groups -OCH3 is 1. The van der Waals surface area contributed by atoms with Crippen LogP contribution in [0.3, 0.4) is 0 Å². The Morgan fingerprint density at radius 1 is 1.36 bits per heavy atom. The lowest BCUT2D eigenvalue weighted by atomic mass is 10.2. The molecule has 4 nitrogen and oxygen atoms in total. The zero-order chi connectivity index (χ0) is 11.1. The molecule has 0 aliphatic rings. The van der Waals surface area contributed by atoms with Crippen molar-refractivity contribution in [2.24, 2.45) is 0 Å². The van der Waals surface area contributed by atoms with Gasteiger partial charge in [-0.25, -0.2) is 0 Å². The van der Waals surface area contributed by atoms with Crippen LogP contribution in [0.2, 0.25) is 0 Å². The molecule has 1 N–H and O–H groups in total. The van der Waals surface area contributed by atoms with Gasteiger partial charge < -0.3 is 19.5 Å². The van der Waals surface area contributed by atoms with Gasteiger partial charge in [-0.1, -0.05) is 0 Å². The molecule has 0 aliphatic heterocycles. The van der Waals surface area contributed by atoms with Crippen LogP contribution >= 0.6 is 0 Å². The fraction of sp³-hybridized carbons (Fsp3) is 0.300. The van der Waals surface area contributed by atoms with Crippen LogP contribution in [0.5, 0.6) is 11.5 Å². The van der Waals surface area contributed by atoms with Gasteiger partial charge in [0.15, 0.2) is 11.5 Å². The number of aromatic hydroxyl groups is 1. The smallest absolute Gasteiger partial charge is 0.162 e.